The lowest BCUT2D eigenvalue weighted by Gasteiger charge is -2.23. The molecule has 0 unspecified atom stereocenters. The molecule has 2 aliphatic rings. The Morgan fingerprint density at radius 2 is 2.16 bits per heavy atom. The molecule has 0 aliphatic carbocycles. The minimum absolute atomic E-state index is 0.177. The van der Waals surface area contributed by atoms with Crippen LogP contribution < -0.4 is 10.1 Å². The van der Waals surface area contributed by atoms with Crippen LogP contribution in [0.15, 0.2) is 36.7 Å². The Hall–Kier alpha value is -2.05. The summed E-state index contributed by atoms with van der Waals surface area (Å²) in [7, 11) is 0. The van der Waals surface area contributed by atoms with Crippen LogP contribution in [0.1, 0.15) is 23.4 Å². The average molecular weight is 342 g/mol. The fourth-order valence-corrected chi connectivity index (χ4v) is 3.65. The van der Waals surface area contributed by atoms with Crippen molar-refractivity contribution in [3.05, 3.63) is 53.6 Å². The van der Waals surface area contributed by atoms with Crippen molar-refractivity contribution in [3.63, 3.8) is 0 Å². The fraction of sp³-hybridized carbons (Fsp3) is 0.474. The quantitative estimate of drug-likeness (QED) is 0.871. The number of halogens is 1. The number of hydrogen-bond acceptors (Lipinski definition) is 5. The van der Waals surface area contributed by atoms with Crippen molar-refractivity contribution < 1.29 is 9.13 Å². The van der Waals surface area contributed by atoms with Crippen LogP contribution >= 0.6 is 0 Å². The first-order chi connectivity index (χ1) is 12.3. The van der Waals surface area contributed by atoms with Gasteiger partial charge in [0.25, 0.3) is 0 Å². The first kappa shape index (κ1) is 16.4. The first-order valence-corrected chi connectivity index (χ1v) is 8.87. The van der Waals surface area contributed by atoms with Gasteiger partial charge in [0.15, 0.2) is 0 Å². The van der Waals surface area contributed by atoms with Crippen molar-refractivity contribution >= 4 is 0 Å². The third kappa shape index (κ3) is 3.96. The zero-order valence-corrected chi connectivity index (χ0v) is 14.2. The molecule has 1 aromatic heterocycles. The van der Waals surface area contributed by atoms with Crippen molar-refractivity contribution in [2.75, 3.05) is 19.7 Å². The molecule has 6 heteroatoms. The Morgan fingerprint density at radius 3 is 3.04 bits per heavy atom. The number of alkyl halides is 1. The molecule has 0 spiro atoms. The van der Waals surface area contributed by atoms with E-state index in [9.17, 15) is 4.39 Å². The van der Waals surface area contributed by atoms with Gasteiger partial charge in [-0.05, 0) is 29.7 Å². The summed E-state index contributed by atoms with van der Waals surface area (Å²) >= 11 is 0. The van der Waals surface area contributed by atoms with Crippen LogP contribution in [0.4, 0.5) is 4.39 Å². The number of likely N-dealkylation sites (tertiary alicyclic amines) is 1. The number of nitrogens with one attached hydrogen (secondary N) is 1. The molecule has 1 aromatic carbocycles. The molecule has 5 nitrogen and oxygen atoms in total. The molecule has 3 heterocycles. The predicted molar refractivity (Wildman–Crippen MR) is 93.1 cm³/mol. The normalized spacial score (nSPS) is 22.8. The molecule has 0 saturated carbocycles. The van der Waals surface area contributed by atoms with Gasteiger partial charge in [-0.25, -0.2) is 14.4 Å². The summed E-state index contributed by atoms with van der Waals surface area (Å²) in [6, 6.07) is 8.32. The van der Waals surface area contributed by atoms with E-state index in [0.717, 1.165) is 37.7 Å². The molecule has 1 saturated heterocycles. The zero-order valence-electron chi connectivity index (χ0n) is 14.2. The van der Waals surface area contributed by atoms with Crippen molar-refractivity contribution in [1.29, 1.82) is 0 Å². The van der Waals surface area contributed by atoms with E-state index in [4.69, 9.17) is 4.74 Å². The maximum Gasteiger partial charge on any atom is 0.142 e. The highest BCUT2D eigenvalue weighted by atomic mass is 19.1. The highest BCUT2D eigenvalue weighted by Gasteiger charge is 2.32. The maximum atomic E-state index is 13.9. The first-order valence-electron chi connectivity index (χ1n) is 8.87. The van der Waals surface area contributed by atoms with Crippen molar-refractivity contribution in [3.8, 4) is 5.75 Å². The Balaban J connectivity index is 1.31. The molecule has 0 amide bonds. The van der Waals surface area contributed by atoms with Gasteiger partial charge in [0, 0.05) is 44.5 Å². The molecule has 4 rings (SSSR count). The Bertz CT molecular complexity index is 712. The van der Waals surface area contributed by atoms with Crippen molar-refractivity contribution in [2.45, 2.75) is 38.1 Å². The largest absolute Gasteiger partial charge is 0.493 e. The predicted octanol–water partition coefficient (Wildman–Crippen LogP) is 2.11. The van der Waals surface area contributed by atoms with Crippen LogP contribution in [0.25, 0.3) is 0 Å². The number of nitrogens with zero attached hydrogens (tertiary/aromatic N) is 3. The van der Waals surface area contributed by atoms with Crippen molar-refractivity contribution in [2.24, 2.45) is 0 Å². The summed E-state index contributed by atoms with van der Waals surface area (Å²) in [5, 5.41) is 3.48. The topological polar surface area (TPSA) is 50.3 Å². The smallest absolute Gasteiger partial charge is 0.142 e. The van der Waals surface area contributed by atoms with E-state index < -0.39 is 6.17 Å². The van der Waals surface area contributed by atoms with Crippen LogP contribution in [0.3, 0.4) is 0 Å². The van der Waals surface area contributed by atoms with Crippen LogP contribution in [-0.2, 0) is 19.5 Å². The second-order valence-corrected chi connectivity index (χ2v) is 6.75. The Morgan fingerprint density at radius 1 is 1.28 bits per heavy atom. The maximum absolute atomic E-state index is 13.9. The SMILES string of the molecule is F[C@H]1C[C@@H](CNCc2ccc3c(c2)CCO3)N(Cc2ncccn2)C1. The molecule has 0 radical (unpaired) electrons. The number of hydrogen-bond donors (Lipinski definition) is 1. The van der Waals surface area contributed by atoms with Gasteiger partial charge in [0.05, 0.1) is 13.2 Å². The lowest BCUT2D eigenvalue weighted by atomic mass is 10.1. The molecule has 132 valence electrons. The molecular formula is C19H23FN4O. The van der Waals surface area contributed by atoms with E-state index >= 15 is 0 Å². The second kappa shape index (κ2) is 7.45. The summed E-state index contributed by atoms with van der Waals surface area (Å²) in [4.78, 5) is 10.7. The van der Waals surface area contributed by atoms with Gasteiger partial charge in [-0.1, -0.05) is 12.1 Å². The number of fused-ring (bicyclic) bond motifs is 1. The van der Waals surface area contributed by atoms with Gasteiger partial charge in [-0.3, -0.25) is 4.90 Å². The Labute approximate surface area is 147 Å². The molecule has 1 N–H and O–H groups in total. The van der Waals surface area contributed by atoms with E-state index in [0.29, 0.717) is 19.5 Å². The monoisotopic (exact) mass is 342 g/mol. The van der Waals surface area contributed by atoms with Gasteiger partial charge < -0.3 is 10.1 Å². The Kier molecular flexibility index (Phi) is 4.90. The third-order valence-electron chi connectivity index (χ3n) is 4.90. The number of ether oxygens (including phenoxy) is 1. The van der Waals surface area contributed by atoms with Crippen LogP contribution in [-0.4, -0.2) is 46.8 Å². The minimum Gasteiger partial charge on any atom is -0.493 e. The number of aromatic nitrogens is 2. The number of rotatable bonds is 6. The van der Waals surface area contributed by atoms with Gasteiger partial charge in [-0.2, -0.15) is 0 Å². The van der Waals surface area contributed by atoms with E-state index in [1.54, 1.807) is 18.5 Å². The highest BCUT2D eigenvalue weighted by Crippen LogP contribution is 2.26. The number of benzene rings is 1. The molecule has 2 aromatic rings. The van der Waals surface area contributed by atoms with Gasteiger partial charge >= 0.3 is 0 Å². The van der Waals surface area contributed by atoms with Crippen LogP contribution in [0.2, 0.25) is 0 Å². The van der Waals surface area contributed by atoms with Gasteiger partial charge in [-0.15, -0.1) is 0 Å². The van der Waals surface area contributed by atoms with E-state index in [2.05, 4.69) is 32.3 Å². The van der Waals surface area contributed by atoms with E-state index in [1.807, 2.05) is 6.07 Å². The standard InChI is InChI=1S/C19H23FN4O/c20-16-9-17(24(12-16)13-19-22-5-1-6-23-19)11-21-10-14-2-3-18-15(8-14)4-7-25-18/h1-3,5-6,8,16-17,21H,4,7,9-13H2/t16-,17-/m0/s1. The second-order valence-electron chi connectivity index (χ2n) is 6.75. The highest BCUT2D eigenvalue weighted by molar-refractivity contribution is 5.39. The molecule has 25 heavy (non-hydrogen) atoms. The third-order valence-corrected chi connectivity index (χ3v) is 4.90. The molecule has 0 bridgehead atoms. The molecule has 2 aliphatic heterocycles. The summed E-state index contributed by atoms with van der Waals surface area (Å²) < 4.78 is 19.4. The fourth-order valence-electron chi connectivity index (χ4n) is 3.65. The summed E-state index contributed by atoms with van der Waals surface area (Å²) in [5.74, 6) is 1.76. The van der Waals surface area contributed by atoms with Crippen LogP contribution in [0.5, 0.6) is 5.75 Å². The lowest BCUT2D eigenvalue weighted by Crippen LogP contribution is -2.37. The van der Waals surface area contributed by atoms with Gasteiger partial charge in [0.1, 0.15) is 17.7 Å². The molecule has 1 fully saturated rings. The van der Waals surface area contributed by atoms with Gasteiger partial charge in [0.2, 0.25) is 0 Å². The molecular weight excluding hydrogens is 319 g/mol. The van der Waals surface area contributed by atoms with E-state index in [-0.39, 0.29) is 6.04 Å². The summed E-state index contributed by atoms with van der Waals surface area (Å²) in [6.45, 7) is 3.39. The van der Waals surface area contributed by atoms with E-state index in [1.165, 1.54) is 11.1 Å². The average Bonchev–Trinajstić information content (AvgIpc) is 3.22. The minimum atomic E-state index is -0.771. The van der Waals surface area contributed by atoms with Crippen molar-refractivity contribution in [1.82, 2.24) is 20.2 Å². The summed E-state index contributed by atoms with van der Waals surface area (Å²) in [6.07, 6.45) is 4.25. The lowest BCUT2D eigenvalue weighted by molar-refractivity contribution is 0.225. The van der Waals surface area contributed by atoms with Crippen LogP contribution in [0, 0.1) is 0 Å². The zero-order chi connectivity index (χ0) is 17.1. The summed E-state index contributed by atoms with van der Waals surface area (Å²) in [5.41, 5.74) is 2.53. The molecule has 2 atom stereocenters.